The van der Waals surface area contributed by atoms with E-state index >= 15 is 0 Å². The highest BCUT2D eigenvalue weighted by Crippen LogP contribution is 2.42. The van der Waals surface area contributed by atoms with Gasteiger partial charge in [0.2, 0.25) is 0 Å². The number of halogens is 1. The summed E-state index contributed by atoms with van der Waals surface area (Å²) < 4.78 is 19.2. The van der Waals surface area contributed by atoms with Crippen molar-refractivity contribution in [2.45, 2.75) is 32.4 Å². The fourth-order valence-electron chi connectivity index (χ4n) is 2.64. The van der Waals surface area contributed by atoms with Gasteiger partial charge in [0.15, 0.2) is 0 Å². The third-order valence-electron chi connectivity index (χ3n) is 3.53. The zero-order valence-corrected chi connectivity index (χ0v) is 11.8. The van der Waals surface area contributed by atoms with Crippen LogP contribution in [0.2, 0.25) is 0 Å². The van der Waals surface area contributed by atoms with Crippen LogP contribution in [0.15, 0.2) is 24.3 Å². The number of nitrogens with two attached hydrogens (primary N) is 1. The Balaban J connectivity index is 1.97. The zero-order valence-electron chi connectivity index (χ0n) is 10.9. The van der Waals surface area contributed by atoms with Crippen molar-refractivity contribution in [2.24, 2.45) is 5.73 Å². The fourth-order valence-corrected chi connectivity index (χ4v) is 3.61. The lowest BCUT2D eigenvalue weighted by Gasteiger charge is -2.30. The van der Waals surface area contributed by atoms with Crippen molar-refractivity contribution in [3.63, 3.8) is 0 Å². The summed E-state index contributed by atoms with van der Waals surface area (Å²) in [7, 11) is 0. The highest BCUT2D eigenvalue weighted by atomic mass is 32.1. The van der Waals surface area contributed by atoms with Gasteiger partial charge in [-0.05, 0) is 38.1 Å². The largest absolute Gasteiger partial charge is 0.485 e. The SMILES string of the molecule is Cc1cc(C2C[C@H](N)c3cc(F)ccc3O2)c(C)s1. The summed E-state index contributed by atoms with van der Waals surface area (Å²) >= 11 is 1.77. The molecule has 0 bridgehead atoms. The standard InChI is InChI=1S/C15H16FNOS/c1-8-5-11(9(2)19-8)15-7-13(17)12-6-10(16)3-4-14(12)18-15/h3-6,13,15H,7,17H2,1-2H3/t13-,15?/m0/s1. The summed E-state index contributed by atoms with van der Waals surface area (Å²) in [6.45, 7) is 4.19. The van der Waals surface area contributed by atoms with Crippen molar-refractivity contribution in [3.8, 4) is 5.75 Å². The van der Waals surface area contributed by atoms with E-state index in [1.165, 1.54) is 27.5 Å². The van der Waals surface area contributed by atoms with E-state index in [-0.39, 0.29) is 18.0 Å². The summed E-state index contributed by atoms with van der Waals surface area (Å²) in [5.74, 6) is 0.437. The van der Waals surface area contributed by atoms with Crippen LogP contribution in [0.25, 0.3) is 0 Å². The highest BCUT2D eigenvalue weighted by Gasteiger charge is 2.29. The Morgan fingerprint density at radius 1 is 1.26 bits per heavy atom. The van der Waals surface area contributed by atoms with E-state index in [2.05, 4.69) is 19.9 Å². The molecule has 100 valence electrons. The molecule has 1 aromatic heterocycles. The van der Waals surface area contributed by atoms with Crippen molar-refractivity contribution < 1.29 is 9.13 Å². The van der Waals surface area contributed by atoms with Crippen LogP contribution in [0, 0.1) is 19.7 Å². The van der Waals surface area contributed by atoms with E-state index in [4.69, 9.17) is 10.5 Å². The molecule has 2 aromatic rings. The maximum atomic E-state index is 13.2. The van der Waals surface area contributed by atoms with Gasteiger partial charge in [0.25, 0.3) is 0 Å². The van der Waals surface area contributed by atoms with E-state index in [0.29, 0.717) is 12.2 Å². The molecular weight excluding hydrogens is 261 g/mol. The lowest BCUT2D eigenvalue weighted by atomic mass is 9.93. The minimum atomic E-state index is -0.265. The van der Waals surface area contributed by atoms with E-state index in [1.807, 2.05) is 0 Å². The lowest BCUT2D eigenvalue weighted by molar-refractivity contribution is 0.161. The van der Waals surface area contributed by atoms with Crippen molar-refractivity contribution in [1.82, 2.24) is 0 Å². The summed E-state index contributed by atoms with van der Waals surface area (Å²) in [6, 6.07) is 6.54. The third-order valence-corrected chi connectivity index (χ3v) is 4.52. The predicted octanol–water partition coefficient (Wildman–Crippen LogP) is 4.03. The van der Waals surface area contributed by atoms with Gasteiger partial charge >= 0.3 is 0 Å². The lowest BCUT2D eigenvalue weighted by Crippen LogP contribution is -2.24. The molecule has 1 aliphatic rings. The number of rotatable bonds is 1. The summed E-state index contributed by atoms with van der Waals surface area (Å²) in [6.07, 6.45) is 0.658. The molecule has 0 aliphatic carbocycles. The molecule has 2 atom stereocenters. The molecule has 1 aromatic carbocycles. The van der Waals surface area contributed by atoms with Crippen LogP contribution in [0.5, 0.6) is 5.75 Å². The van der Waals surface area contributed by atoms with Crippen molar-refractivity contribution >= 4 is 11.3 Å². The summed E-state index contributed by atoms with van der Waals surface area (Å²) in [5.41, 5.74) is 8.12. The number of ether oxygens (including phenoxy) is 1. The first kappa shape index (κ1) is 12.6. The Morgan fingerprint density at radius 3 is 2.74 bits per heavy atom. The average molecular weight is 277 g/mol. The Bertz CT molecular complexity index is 623. The second-order valence-electron chi connectivity index (χ2n) is 5.00. The van der Waals surface area contributed by atoms with Crippen LogP contribution in [0.1, 0.15) is 39.4 Å². The van der Waals surface area contributed by atoms with Crippen LogP contribution in [0.4, 0.5) is 4.39 Å². The van der Waals surface area contributed by atoms with Crippen molar-refractivity contribution in [3.05, 3.63) is 51.0 Å². The molecule has 0 spiro atoms. The second-order valence-corrected chi connectivity index (χ2v) is 6.46. The predicted molar refractivity (Wildman–Crippen MR) is 75.1 cm³/mol. The van der Waals surface area contributed by atoms with Crippen molar-refractivity contribution in [1.29, 1.82) is 0 Å². The third kappa shape index (κ3) is 2.26. The molecule has 3 rings (SSSR count). The molecule has 1 aliphatic heterocycles. The number of benzene rings is 1. The van der Waals surface area contributed by atoms with E-state index in [1.54, 1.807) is 17.4 Å². The van der Waals surface area contributed by atoms with Gasteiger partial charge in [-0.25, -0.2) is 4.39 Å². The van der Waals surface area contributed by atoms with Gasteiger partial charge in [0, 0.05) is 33.3 Å². The normalized spacial score (nSPS) is 21.9. The minimum Gasteiger partial charge on any atom is -0.485 e. The molecule has 2 nitrogen and oxygen atoms in total. The summed E-state index contributed by atoms with van der Waals surface area (Å²) in [5, 5.41) is 0. The Hall–Kier alpha value is -1.39. The van der Waals surface area contributed by atoms with E-state index in [0.717, 1.165) is 5.56 Å². The first-order chi connectivity index (χ1) is 9.04. The molecular formula is C15H16FNOS. The monoisotopic (exact) mass is 277 g/mol. The summed E-state index contributed by atoms with van der Waals surface area (Å²) in [4.78, 5) is 2.54. The Kier molecular flexibility index (Phi) is 3.07. The molecule has 0 amide bonds. The van der Waals surface area contributed by atoms with E-state index < -0.39 is 0 Å². The maximum absolute atomic E-state index is 13.2. The second kappa shape index (κ2) is 4.62. The molecule has 0 saturated heterocycles. The van der Waals surface area contributed by atoms with Crippen LogP contribution in [-0.4, -0.2) is 0 Å². The average Bonchev–Trinajstić information content (AvgIpc) is 2.69. The maximum Gasteiger partial charge on any atom is 0.127 e. The van der Waals surface area contributed by atoms with Crippen LogP contribution in [-0.2, 0) is 0 Å². The number of hydrogen-bond donors (Lipinski definition) is 1. The van der Waals surface area contributed by atoms with Gasteiger partial charge in [-0.2, -0.15) is 0 Å². The molecule has 0 saturated carbocycles. The molecule has 0 fully saturated rings. The van der Waals surface area contributed by atoms with Crippen molar-refractivity contribution in [2.75, 3.05) is 0 Å². The van der Waals surface area contributed by atoms with Crippen LogP contribution < -0.4 is 10.5 Å². The Labute approximate surface area is 116 Å². The molecule has 2 N–H and O–H groups in total. The zero-order chi connectivity index (χ0) is 13.6. The number of aryl methyl sites for hydroxylation is 2. The van der Waals surface area contributed by atoms with Gasteiger partial charge in [-0.3, -0.25) is 0 Å². The first-order valence-corrected chi connectivity index (χ1v) is 7.15. The van der Waals surface area contributed by atoms with Crippen LogP contribution in [0.3, 0.4) is 0 Å². The highest BCUT2D eigenvalue weighted by molar-refractivity contribution is 7.12. The first-order valence-electron chi connectivity index (χ1n) is 6.33. The topological polar surface area (TPSA) is 35.2 Å². The fraction of sp³-hybridized carbons (Fsp3) is 0.333. The van der Waals surface area contributed by atoms with Gasteiger partial charge < -0.3 is 10.5 Å². The number of fused-ring (bicyclic) bond motifs is 1. The molecule has 0 radical (unpaired) electrons. The molecule has 1 unspecified atom stereocenters. The van der Waals surface area contributed by atoms with Gasteiger partial charge in [0.05, 0.1) is 0 Å². The smallest absolute Gasteiger partial charge is 0.127 e. The molecule has 4 heteroatoms. The molecule has 19 heavy (non-hydrogen) atoms. The number of thiophene rings is 1. The van der Waals surface area contributed by atoms with Gasteiger partial charge in [-0.15, -0.1) is 11.3 Å². The van der Waals surface area contributed by atoms with Crippen LogP contribution >= 0.6 is 11.3 Å². The molecule has 2 heterocycles. The number of hydrogen-bond acceptors (Lipinski definition) is 3. The van der Waals surface area contributed by atoms with Gasteiger partial charge in [0.1, 0.15) is 17.7 Å². The minimum absolute atomic E-state index is 0.0297. The Morgan fingerprint density at radius 2 is 2.05 bits per heavy atom. The quantitative estimate of drug-likeness (QED) is 0.854. The van der Waals surface area contributed by atoms with E-state index in [9.17, 15) is 4.39 Å². The van der Waals surface area contributed by atoms with Gasteiger partial charge in [-0.1, -0.05) is 0 Å².